The standard InChI is InChI=1S/C12H14N4O2/c1-12(8-2-3-8)11(18)16(6-10(17)15-12)9-4-13-7-14-5-9/h4-5,7-8H,2-3,6H2,1H3,(H,15,17). The third-order valence-corrected chi connectivity index (χ3v) is 3.64. The number of nitrogens with one attached hydrogen (secondary N) is 1. The van der Waals surface area contributed by atoms with Crippen molar-refractivity contribution in [3.05, 3.63) is 18.7 Å². The molecule has 2 heterocycles. The molecule has 1 unspecified atom stereocenters. The van der Waals surface area contributed by atoms with Gasteiger partial charge >= 0.3 is 0 Å². The molecule has 1 aliphatic carbocycles. The third-order valence-electron chi connectivity index (χ3n) is 3.64. The lowest BCUT2D eigenvalue weighted by atomic mass is 9.91. The molecule has 2 fully saturated rings. The highest BCUT2D eigenvalue weighted by Crippen LogP contribution is 2.42. The Bertz CT molecular complexity index is 500. The van der Waals surface area contributed by atoms with Gasteiger partial charge in [-0.25, -0.2) is 9.97 Å². The number of hydrogen-bond acceptors (Lipinski definition) is 4. The van der Waals surface area contributed by atoms with Gasteiger partial charge in [-0.15, -0.1) is 0 Å². The van der Waals surface area contributed by atoms with Crippen molar-refractivity contribution in [3.8, 4) is 0 Å². The number of amides is 2. The monoisotopic (exact) mass is 246 g/mol. The highest BCUT2D eigenvalue weighted by Gasteiger charge is 2.52. The molecular formula is C12H14N4O2. The van der Waals surface area contributed by atoms with E-state index in [2.05, 4.69) is 15.3 Å². The maximum absolute atomic E-state index is 12.5. The van der Waals surface area contributed by atoms with Crippen LogP contribution >= 0.6 is 0 Å². The van der Waals surface area contributed by atoms with Crippen molar-refractivity contribution in [2.75, 3.05) is 11.4 Å². The van der Waals surface area contributed by atoms with Crippen LogP contribution in [0.15, 0.2) is 18.7 Å². The molecule has 1 saturated heterocycles. The van der Waals surface area contributed by atoms with E-state index in [9.17, 15) is 9.59 Å². The van der Waals surface area contributed by atoms with Crippen LogP contribution in [0.1, 0.15) is 19.8 Å². The Balaban J connectivity index is 1.95. The number of carbonyl (C=O) groups excluding carboxylic acids is 2. The van der Waals surface area contributed by atoms with Gasteiger partial charge in [-0.05, 0) is 25.7 Å². The predicted molar refractivity (Wildman–Crippen MR) is 63.7 cm³/mol. The lowest BCUT2D eigenvalue weighted by molar-refractivity contribution is -0.136. The summed E-state index contributed by atoms with van der Waals surface area (Å²) in [5.74, 6) is 0.0497. The van der Waals surface area contributed by atoms with E-state index in [0.717, 1.165) is 12.8 Å². The van der Waals surface area contributed by atoms with Crippen LogP contribution in [0.5, 0.6) is 0 Å². The van der Waals surface area contributed by atoms with Crippen molar-refractivity contribution < 1.29 is 9.59 Å². The fourth-order valence-corrected chi connectivity index (χ4v) is 2.45. The van der Waals surface area contributed by atoms with Crippen LogP contribution in [-0.2, 0) is 9.59 Å². The molecule has 6 heteroatoms. The molecule has 6 nitrogen and oxygen atoms in total. The van der Waals surface area contributed by atoms with Crippen molar-refractivity contribution in [3.63, 3.8) is 0 Å². The second-order valence-electron chi connectivity index (χ2n) is 5.01. The molecule has 2 aliphatic rings. The zero-order chi connectivity index (χ0) is 12.8. The summed E-state index contributed by atoms with van der Waals surface area (Å²) in [5, 5.41) is 2.83. The van der Waals surface area contributed by atoms with E-state index in [-0.39, 0.29) is 24.3 Å². The molecule has 1 aromatic heterocycles. The first-order valence-corrected chi connectivity index (χ1v) is 5.99. The third kappa shape index (κ3) is 1.64. The first kappa shape index (κ1) is 11.1. The zero-order valence-electron chi connectivity index (χ0n) is 10.1. The minimum atomic E-state index is -0.773. The van der Waals surface area contributed by atoms with E-state index in [1.807, 2.05) is 0 Å². The van der Waals surface area contributed by atoms with Gasteiger partial charge in [0.1, 0.15) is 18.4 Å². The number of aromatic nitrogens is 2. The minimum Gasteiger partial charge on any atom is -0.340 e. The van der Waals surface area contributed by atoms with Crippen molar-refractivity contribution in [1.29, 1.82) is 0 Å². The molecule has 0 aromatic carbocycles. The fourth-order valence-electron chi connectivity index (χ4n) is 2.45. The summed E-state index contributed by atoms with van der Waals surface area (Å²) in [6.07, 6.45) is 6.48. The van der Waals surface area contributed by atoms with Crippen molar-refractivity contribution >= 4 is 17.5 Å². The summed E-state index contributed by atoms with van der Waals surface area (Å²) >= 11 is 0. The van der Waals surface area contributed by atoms with E-state index >= 15 is 0 Å². The summed E-state index contributed by atoms with van der Waals surface area (Å²) in [5.41, 5.74) is -0.199. The van der Waals surface area contributed by atoms with Gasteiger partial charge in [0.15, 0.2) is 0 Å². The van der Waals surface area contributed by atoms with Gasteiger partial charge in [-0.2, -0.15) is 0 Å². The maximum Gasteiger partial charge on any atom is 0.253 e. The molecule has 3 rings (SSSR count). The predicted octanol–water partition coefficient (Wildman–Crippen LogP) is 0.108. The van der Waals surface area contributed by atoms with E-state index < -0.39 is 5.54 Å². The Morgan fingerprint density at radius 1 is 1.33 bits per heavy atom. The quantitative estimate of drug-likeness (QED) is 0.803. The zero-order valence-corrected chi connectivity index (χ0v) is 10.1. The smallest absolute Gasteiger partial charge is 0.253 e. The van der Waals surface area contributed by atoms with Gasteiger partial charge in [-0.3, -0.25) is 14.5 Å². The van der Waals surface area contributed by atoms with E-state index in [1.54, 1.807) is 19.3 Å². The molecule has 94 valence electrons. The number of piperazine rings is 1. The number of anilines is 1. The molecule has 18 heavy (non-hydrogen) atoms. The summed E-state index contributed by atoms with van der Waals surface area (Å²) in [7, 11) is 0. The lowest BCUT2D eigenvalue weighted by Gasteiger charge is -2.39. The highest BCUT2D eigenvalue weighted by molar-refractivity contribution is 6.09. The molecule has 2 amide bonds. The van der Waals surface area contributed by atoms with Gasteiger partial charge in [-0.1, -0.05) is 0 Å². The lowest BCUT2D eigenvalue weighted by Crippen LogP contribution is -2.66. The summed E-state index contributed by atoms with van der Waals surface area (Å²) in [6.45, 7) is 1.84. The van der Waals surface area contributed by atoms with Gasteiger partial charge in [0.05, 0.1) is 18.1 Å². The van der Waals surface area contributed by atoms with Crippen LogP contribution < -0.4 is 10.2 Å². The molecular weight excluding hydrogens is 232 g/mol. The van der Waals surface area contributed by atoms with Crippen LogP contribution in [0.3, 0.4) is 0 Å². The molecule has 0 spiro atoms. The average Bonchev–Trinajstić information content (AvgIpc) is 3.19. The molecule has 1 N–H and O–H groups in total. The Kier molecular flexibility index (Phi) is 2.33. The minimum absolute atomic E-state index is 0.0362. The topological polar surface area (TPSA) is 75.2 Å². The largest absolute Gasteiger partial charge is 0.340 e. The maximum atomic E-state index is 12.5. The average molecular weight is 246 g/mol. The molecule has 1 saturated carbocycles. The van der Waals surface area contributed by atoms with E-state index in [1.165, 1.54) is 11.2 Å². The van der Waals surface area contributed by atoms with Crippen molar-refractivity contribution in [2.45, 2.75) is 25.3 Å². The second-order valence-corrected chi connectivity index (χ2v) is 5.01. The number of nitrogens with zero attached hydrogens (tertiary/aromatic N) is 3. The summed E-state index contributed by atoms with van der Waals surface area (Å²) < 4.78 is 0. The number of hydrogen-bond donors (Lipinski definition) is 1. The van der Waals surface area contributed by atoms with Crippen LogP contribution in [0.2, 0.25) is 0 Å². The number of carbonyl (C=O) groups is 2. The molecule has 0 bridgehead atoms. The summed E-state index contributed by atoms with van der Waals surface area (Å²) in [4.78, 5) is 33.6. The van der Waals surface area contributed by atoms with Crippen molar-refractivity contribution in [2.24, 2.45) is 5.92 Å². The van der Waals surface area contributed by atoms with Gasteiger partial charge in [0, 0.05) is 0 Å². The Morgan fingerprint density at radius 3 is 2.61 bits per heavy atom. The van der Waals surface area contributed by atoms with E-state index in [4.69, 9.17) is 0 Å². The van der Waals surface area contributed by atoms with Gasteiger partial charge in [0.25, 0.3) is 5.91 Å². The Labute approximate surface area is 104 Å². The number of rotatable bonds is 2. The van der Waals surface area contributed by atoms with Gasteiger partial charge < -0.3 is 5.32 Å². The highest BCUT2D eigenvalue weighted by atomic mass is 16.2. The van der Waals surface area contributed by atoms with Crippen molar-refractivity contribution in [1.82, 2.24) is 15.3 Å². The van der Waals surface area contributed by atoms with Crippen LogP contribution in [0.4, 0.5) is 5.69 Å². The van der Waals surface area contributed by atoms with Gasteiger partial charge in [0.2, 0.25) is 5.91 Å². The Morgan fingerprint density at radius 2 is 2.00 bits per heavy atom. The SMILES string of the molecule is CC1(C2CC2)NC(=O)CN(c2cncnc2)C1=O. The first-order valence-electron chi connectivity index (χ1n) is 5.99. The molecule has 1 atom stereocenters. The summed E-state index contributed by atoms with van der Waals surface area (Å²) in [6, 6.07) is 0. The second kappa shape index (κ2) is 3.76. The van der Waals surface area contributed by atoms with Crippen LogP contribution in [0.25, 0.3) is 0 Å². The molecule has 1 aliphatic heterocycles. The van der Waals surface area contributed by atoms with E-state index in [0.29, 0.717) is 5.69 Å². The molecule has 0 radical (unpaired) electrons. The Hall–Kier alpha value is -1.98. The van der Waals surface area contributed by atoms with Crippen LogP contribution in [-0.4, -0.2) is 33.9 Å². The fraction of sp³-hybridized carbons (Fsp3) is 0.500. The normalized spacial score (nSPS) is 28.2. The van der Waals surface area contributed by atoms with Crippen LogP contribution in [0, 0.1) is 5.92 Å². The first-order chi connectivity index (χ1) is 8.61. The molecule has 1 aromatic rings.